The molecule has 2 N–H and O–H groups in total. The van der Waals surface area contributed by atoms with Crippen molar-refractivity contribution in [1.82, 2.24) is 4.72 Å². The van der Waals surface area contributed by atoms with Crippen LogP contribution in [0.4, 0.5) is 24.5 Å². The summed E-state index contributed by atoms with van der Waals surface area (Å²) < 4.78 is 71.9. The monoisotopic (exact) mass is 697 g/mol. The van der Waals surface area contributed by atoms with Crippen LogP contribution in [0.1, 0.15) is 74.8 Å². The Morgan fingerprint density at radius 1 is 0.878 bits per heavy atom. The van der Waals surface area contributed by atoms with Gasteiger partial charge >= 0.3 is 21.5 Å². The predicted molar refractivity (Wildman–Crippen MR) is 191 cm³/mol. The van der Waals surface area contributed by atoms with Gasteiger partial charge in [0.25, 0.3) is 0 Å². The van der Waals surface area contributed by atoms with Gasteiger partial charge in [0, 0.05) is 48.9 Å². The molecule has 1 unspecified atom stereocenters. The minimum absolute atomic E-state index is 0.195. The first-order chi connectivity index (χ1) is 23.1. The smallest absolute Gasteiger partial charge is 0.463 e. The lowest BCUT2D eigenvalue weighted by atomic mass is 9.80. The van der Waals surface area contributed by atoms with Crippen molar-refractivity contribution in [3.63, 3.8) is 0 Å². The number of anilines is 2. The largest absolute Gasteiger partial charge is 0.511 e. The zero-order valence-corrected chi connectivity index (χ0v) is 29.8. The van der Waals surface area contributed by atoms with Crippen molar-refractivity contribution in [2.45, 2.75) is 65.9 Å². The van der Waals surface area contributed by atoms with Crippen molar-refractivity contribution in [1.29, 1.82) is 0 Å². The number of hydrogen-bond donors (Lipinski definition) is 2. The molecule has 0 amide bonds. The molecule has 0 heterocycles. The highest BCUT2D eigenvalue weighted by molar-refractivity contribution is 7.90. The molecule has 4 rings (SSSR count). The minimum atomic E-state index is -5.59. The van der Waals surface area contributed by atoms with Crippen LogP contribution in [0.5, 0.6) is 0 Å². The Labute approximate surface area is 287 Å². The van der Waals surface area contributed by atoms with Gasteiger partial charge < -0.3 is 15.0 Å². The Morgan fingerprint density at radius 2 is 1.51 bits per heavy atom. The highest BCUT2D eigenvalue weighted by Gasteiger charge is 2.45. The van der Waals surface area contributed by atoms with E-state index in [9.17, 15) is 26.4 Å². The quantitative estimate of drug-likeness (QED) is 0.0736. The number of fused-ring (bicyclic) bond motifs is 1. The summed E-state index contributed by atoms with van der Waals surface area (Å²) in [5.74, 6) is -0.703. The van der Waals surface area contributed by atoms with Crippen molar-refractivity contribution in [2.24, 2.45) is 5.41 Å². The van der Waals surface area contributed by atoms with E-state index in [-0.39, 0.29) is 12.6 Å². The molecule has 0 aliphatic rings. The fourth-order valence-electron chi connectivity index (χ4n) is 5.75. The standard InChI is InChI=1S/C38H46F3N3O4S/c1-7-37(5,6)36(45)48-23-22-42-34-21-20-33(31-12-10-11-13-32(31)34)35(27-16-14-26(4)15-17-27)30-19-18-29(44(8-2)9-3)24-28(30)25-43-49(46,47)38(39,40)41/h10-21,24,35,42-43H,7-9,22-23,25H2,1-6H3. The zero-order valence-electron chi connectivity index (χ0n) is 28.9. The first-order valence-electron chi connectivity index (χ1n) is 16.6. The summed E-state index contributed by atoms with van der Waals surface area (Å²) in [6.45, 7) is 13.0. The van der Waals surface area contributed by atoms with Gasteiger partial charge in [-0.05, 0) is 86.9 Å². The van der Waals surface area contributed by atoms with Crippen LogP contribution < -0.4 is 14.9 Å². The van der Waals surface area contributed by atoms with Crippen LogP contribution in [0.3, 0.4) is 0 Å². The fourth-order valence-corrected chi connectivity index (χ4v) is 6.26. The maximum Gasteiger partial charge on any atom is 0.511 e. The zero-order chi connectivity index (χ0) is 36.0. The van der Waals surface area contributed by atoms with E-state index in [1.807, 2.05) is 114 Å². The van der Waals surface area contributed by atoms with E-state index < -0.39 is 33.4 Å². The number of alkyl halides is 3. The Balaban J connectivity index is 1.83. The summed E-state index contributed by atoms with van der Waals surface area (Å²) >= 11 is 0. The van der Waals surface area contributed by atoms with Crippen LogP contribution in [0.25, 0.3) is 10.8 Å². The lowest BCUT2D eigenvalue weighted by molar-refractivity contribution is -0.153. The molecule has 11 heteroatoms. The van der Waals surface area contributed by atoms with Gasteiger partial charge in [0.2, 0.25) is 0 Å². The number of nitrogens with one attached hydrogen (secondary N) is 2. The number of rotatable bonds is 15. The molecule has 0 radical (unpaired) electrons. The molecular formula is C38H46F3N3O4S. The van der Waals surface area contributed by atoms with Gasteiger partial charge in [0.15, 0.2) is 0 Å². The number of halogens is 3. The highest BCUT2D eigenvalue weighted by atomic mass is 32.2. The van der Waals surface area contributed by atoms with E-state index in [4.69, 9.17) is 4.74 Å². The van der Waals surface area contributed by atoms with E-state index >= 15 is 0 Å². The van der Waals surface area contributed by atoms with E-state index in [1.54, 1.807) is 10.8 Å². The van der Waals surface area contributed by atoms with E-state index in [0.29, 0.717) is 37.2 Å². The molecule has 0 aliphatic heterocycles. The lowest BCUT2D eigenvalue weighted by Crippen LogP contribution is -2.36. The van der Waals surface area contributed by atoms with Crippen molar-refractivity contribution in [2.75, 3.05) is 36.5 Å². The summed E-state index contributed by atoms with van der Waals surface area (Å²) in [7, 11) is -5.59. The van der Waals surface area contributed by atoms with Crippen molar-refractivity contribution < 1.29 is 31.1 Å². The summed E-state index contributed by atoms with van der Waals surface area (Å²) in [6, 6.07) is 25.3. The molecule has 4 aromatic carbocycles. The first-order valence-corrected chi connectivity index (χ1v) is 18.0. The van der Waals surface area contributed by atoms with Gasteiger partial charge in [-0.1, -0.05) is 73.2 Å². The van der Waals surface area contributed by atoms with Crippen molar-refractivity contribution in [3.05, 3.63) is 107 Å². The van der Waals surface area contributed by atoms with Gasteiger partial charge in [0.1, 0.15) is 6.61 Å². The number of aryl methyl sites for hydroxylation is 1. The lowest BCUT2D eigenvalue weighted by Gasteiger charge is -2.27. The number of ether oxygens (including phenoxy) is 1. The average molecular weight is 698 g/mol. The molecule has 0 spiro atoms. The van der Waals surface area contributed by atoms with Crippen LogP contribution in [0, 0.1) is 12.3 Å². The summed E-state index contributed by atoms with van der Waals surface area (Å²) in [5, 5.41) is 5.22. The topological polar surface area (TPSA) is 87.7 Å². The maximum absolute atomic E-state index is 13.4. The van der Waals surface area contributed by atoms with Crippen LogP contribution in [-0.4, -0.2) is 46.1 Å². The third-order valence-electron chi connectivity index (χ3n) is 9.09. The highest BCUT2D eigenvalue weighted by Crippen LogP contribution is 2.41. The summed E-state index contributed by atoms with van der Waals surface area (Å²) in [4.78, 5) is 14.5. The molecule has 49 heavy (non-hydrogen) atoms. The second kappa shape index (κ2) is 15.6. The third-order valence-corrected chi connectivity index (χ3v) is 10.2. The second-order valence-corrected chi connectivity index (χ2v) is 14.5. The van der Waals surface area contributed by atoms with Gasteiger partial charge in [-0.15, -0.1) is 0 Å². The van der Waals surface area contributed by atoms with Gasteiger partial charge in [-0.2, -0.15) is 13.2 Å². The predicted octanol–water partition coefficient (Wildman–Crippen LogP) is 8.51. The van der Waals surface area contributed by atoms with Crippen molar-refractivity contribution >= 4 is 38.1 Å². The molecule has 0 aromatic heterocycles. The normalized spacial score (nSPS) is 12.9. The Morgan fingerprint density at radius 3 is 2.12 bits per heavy atom. The molecule has 7 nitrogen and oxygen atoms in total. The fraction of sp³-hybridized carbons (Fsp3) is 0.395. The number of sulfonamides is 1. The van der Waals surface area contributed by atoms with Gasteiger partial charge in [-0.25, -0.2) is 13.1 Å². The van der Waals surface area contributed by atoms with Gasteiger partial charge in [-0.3, -0.25) is 4.79 Å². The SMILES string of the molecule is CCN(CC)c1ccc(C(c2ccc(C)cc2)c2ccc(NCCOC(=O)C(C)(C)CC)c3ccccc23)c(CNS(=O)(=O)C(F)(F)F)c1. The Kier molecular flexibility index (Phi) is 12.0. The van der Waals surface area contributed by atoms with Crippen molar-refractivity contribution in [3.8, 4) is 0 Å². The van der Waals surface area contributed by atoms with Crippen LogP contribution >= 0.6 is 0 Å². The summed E-state index contributed by atoms with van der Waals surface area (Å²) in [5.41, 5.74) is -0.420. The molecule has 0 fully saturated rings. The number of carbonyl (C=O) groups is 1. The molecule has 0 saturated heterocycles. The molecule has 0 saturated carbocycles. The molecule has 264 valence electrons. The number of hydrogen-bond acceptors (Lipinski definition) is 6. The molecule has 0 aliphatic carbocycles. The molecular weight excluding hydrogens is 651 g/mol. The molecule has 4 aromatic rings. The Hall–Kier alpha value is -4.09. The van der Waals surface area contributed by atoms with Crippen LogP contribution in [-0.2, 0) is 26.1 Å². The van der Waals surface area contributed by atoms with Crippen LogP contribution in [0.2, 0.25) is 0 Å². The Bertz CT molecular complexity index is 1850. The number of esters is 1. The number of nitrogens with zero attached hydrogens (tertiary/aromatic N) is 1. The van der Waals surface area contributed by atoms with Gasteiger partial charge in [0.05, 0.1) is 5.41 Å². The molecule has 1 atom stereocenters. The summed E-state index contributed by atoms with van der Waals surface area (Å²) in [6.07, 6.45) is 0.668. The maximum atomic E-state index is 13.4. The first kappa shape index (κ1) is 37.7. The number of carbonyl (C=O) groups excluding carboxylic acids is 1. The minimum Gasteiger partial charge on any atom is -0.463 e. The third kappa shape index (κ3) is 8.75. The van der Waals surface area contributed by atoms with E-state index in [1.165, 1.54) is 0 Å². The van der Waals surface area contributed by atoms with Crippen LogP contribution in [0.15, 0.2) is 78.9 Å². The number of benzene rings is 4. The van der Waals surface area contributed by atoms with E-state index in [2.05, 4.69) is 10.2 Å². The average Bonchev–Trinajstić information content (AvgIpc) is 3.07. The van der Waals surface area contributed by atoms with E-state index in [0.717, 1.165) is 38.8 Å². The molecule has 0 bridgehead atoms. The second-order valence-electron chi connectivity index (χ2n) is 12.7.